The molecule has 0 heterocycles. The Bertz CT molecular complexity index is 473. The van der Waals surface area contributed by atoms with Gasteiger partial charge in [0, 0.05) is 6.21 Å². The van der Waals surface area contributed by atoms with E-state index in [1.807, 2.05) is 0 Å². The lowest BCUT2D eigenvalue weighted by Crippen LogP contribution is -1.94. The maximum absolute atomic E-state index is 11.4. The lowest BCUT2D eigenvalue weighted by Gasteiger charge is -2.07. The third kappa shape index (κ3) is 2.20. The number of phenols is 1. The maximum atomic E-state index is 11.4. The highest BCUT2D eigenvalue weighted by Crippen LogP contribution is 2.25. The van der Waals surface area contributed by atoms with Crippen LogP contribution in [0.2, 0.25) is 0 Å². The van der Waals surface area contributed by atoms with Crippen molar-refractivity contribution in [2.45, 2.75) is 0 Å². The number of aromatic hydroxyl groups is 1. The van der Waals surface area contributed by atoms with E-state index in [4.69, 9.17) is 0 Å². The molecular formula is C13H10NO2-. The lowest BCUT2D eigenvalue weighted by molar-refractivity contribution is -0.268. The van der Waals surface area contributed by atoms with Crippen LogP contribution in [0, 0.1) is 0 Å². The van der Waals surface area contributed by atoms with Crippen molar-refractivity contribution in [2.75, 3.05) is 0 Å². The van der Waals surface area contributed by atoms with E-state index in [0.717, 1.165) is 0 Å². The molecule has 3 nitrogen and oxygen atoms in total. The average molecular weight is 212 g/mol. The van der Waals surface area contributed by atoms with Crippen molar-refractivity contribution in [1.29, 1.82) is 0 Å². The van der Waals surface area contributed by atoms with E-state index >= 15 is 0 Å². The molecule has 0 unspecified atom stereocenters. The van der Waals surface area contributed by atoms with Gasteiger partial charge in [0.05, 0.1) is 0 Å². The number of aliphatic imine (C=N–C) groups is 1. The fourth-order valence-corrected chi connectivity index (χ4v) is 1.30. The number of hydrogen-bond acceptors (Lipinski definition) is 3. The van der Waals surface area contributed by atoms with E-state index in [1.54, 1.807) is 42.5 Å². The smallest absolute Gasteiger partial charge is 0.141 e. The lowest BCUT2D eigenvalue weighted by atomic mass is 10.2. The number of hydrogen-bond donors (Lipinski definition) is 1. The van der Waals surface area contributed by atoms with Crippen LogP contribution in [0.5, 0.6) is 11.5 Å². The fraction of sp³-hybridized carbons (Fsp3) is 0. The van der Waals surface area contributed by atoms with Crippen molar-refractivity contribution in [1.82, 2.24) is 0 Å². The quantitative estimate of drug-likeness (QED) is 0.776. The minimum Gasteiger partial charge on any atom is -0.872 e. The third-order valence-corrected chi connectivity index (χ3v) is 2.14. The minimum absolute atomic E-state index is 0.0818. The Kier molecular flexibility index (Phi) is 2.87. The van der Waals surface area contributed by atoms with Crippen molar-refractivity contribution in [3.63, 3.8) is 0 Å². The summed E-state index contributed by atoms with van der Waals surface area (Å²) in [5.74, 6) is 0.0174. The summed E-state index contributed by atoms with van der Waals surface area (Å²) >= 11 is 0. The first kappa shape index (κ1) is 10.2. The molecule has 0 bridgehead atoms. The summed E-state index contributed by atoms with van der Waals surface area (Å²) in [5, 5.41) is 20.8. The van der Waals surface area contributed by atoms with E-state index in [0.29, 0.717) is 11.3 Å². The van der Waals surface area contributed by atoms with Crippen LogP contribution >= 0.6 is 0 Å². The van der Waals surface area contributed by atoms with Crippen LogP contribution in [0.1, 0.15) is 5.56 Å². The normalized spacial score (nSPS) is 10.8. The molecule has 2 aromatic rings. The Morgan fingerprint density at radius 2 is 1.69 bits per heavy atom. The second kappa shape index (κ2) is 4.49. The summed E-state index contributed by atoms with van der Waals surface area (Å²) in [7, 11) is 0. The van der Waals surface area contributed by atoms with Crippen LogP contribution in [0.3, 0.4) is 0 Å². The molecular weight excluding hydrogens is 202 g/mol. The van der Waals surface area contributed by atoms with Gasteiger partial charge >= 0.3 is 0 Å². The van der Waals surface area contributed by atoms with Crippen LogP contribution in [0.4, 0.5) is 5.69 Å². The zero-order valence-electron chi connectivity index (χ0n) is 8.50. The summed E-state index contributed by atoms with van der Waals surface area (Å²) in [6, 6.07) is 13.3. The van der Waals surface area contributed by atoms with Gasteiger partial charge in [-0.15, -0.1) is 5.75 Å². The Morgan fingerprint density at radius 3 is 2.44 bits per heavy atom. The summed E-state index contributed by atoms with van der Waals surface area (Å²) < 4.78 is 0. The fourth-order valence-electron chi connectivity index (χ4n) is 1.30. The Morgan fingerprint density at radius 1 is 1.00 bits per heavy atom. The van der Waals surface area contributed by atoms with Crippen molar-refractivity contribution >= 4 is 11.9 Å². The van der Waals surface area contributed by atoms with Crippen molar-refractivity contribution in [3.8, 4) is 11.5 Å². The average Bonchev–Trinajstić information content (AvgIpc) is 2.30. The summed E-state index contributed by atoms with van der Waals surface area (Å²) in [5.41, 5.74) is 0.955. The number of phenolic OH excluding ortho intramolecular Hbond substituents is 1. The molecule has 16 heavy (non-hydrogen) atoms. The van der Waals surface area contributed by atoms with Gasteiger partial charge in [0.2, 0.25) is 0 Å². The van der Waals surface area contributed by atoms with Gasteiger partial charge < -0.3 is 10.2 Å². The van der Waals surface area contributed by atoms with Gasteiger partial charge in [-0.2, -0.15) is 0 Å². The molecule has 0 atom stereocenters. The largest absolute Gasteiger partial charge is 0.872 e. The highest BCUT2D eigenvalue weighted by molar-refractivity contribution is 5.85. The molecule has 0 amide bonds. The van der Waals surface area contributed by atoms with Gasteiger partial charge in [0.1, 0.15) is 11.4 Å². The molecule has 2 aromatic carbocycles. The second-order valence-corrected chi connectivity index (χ2v) is 3.28. The first-order valence-corrected chi connectivity index (χ1v) is 4.85. The Balaban J connectivity index is 2.29. The number of rotatable bonds is 2. The molecule has 0 saturated heterocycles. The van der Waals surface area contributed by atoms with Gasteiger partial charge in [0.25, 0.3) is 0 Å². The molecule has 0 fully saturated rings. The Hall–Kier alpha value is -2.29. The standard InChI is InChI=1S/C13H11NO2/c15-12-7-3-1-5-10(12)9-14-11-6-2-4-8-13(11)16/h1-9,15-16H/p-1. The second-order valence-electron chi connectivity index (χ2n) is 3.28. The summed E-state index contributed by atoms with van der Waals surface area (Å²) in [6.07, 6.45) is 1.46. The molecule has 0 radical (unpaired) electrons. The van der Waals surface area contributed by atoms with Crippen LogP contribution in [-0.4, -0.2) is 11.3 Å². The van der Waals surface area contributed by atoms with E-state index in [1.165, 1.54) is 12.3 Å². The maximum Gasteiger partial charge on any atom is 0.141 e. The molecule has 3 heteroatoms. The number of para-hydroxylation sites is 3. The van der Waals surface area contributed by atoms with Gasteiger partial charge in [-0.05, 0) is 17.7 Å². The van der Waals surface area contributed by atoms with E-state index in [-0.39, 0.29) is 11.5 Å². The third-order valence-electron chi connectivity index (χ3n) is 2.14. The first-order chi connectivity index (χ1) is 7.77. The van der Waals surface area contributed by atoms with Crippen LogP contribution < -0.4 is 5.11 Å². The van der Waals surface area contributed by atoms with Crippen molar-refractivity contribution in [2.24, 2.45) is 4.99 Å². The molecule has 0 spiro atoms. The number of benzene rings is 2. The van der Waals surface area contributed by atoms with Crippen molar-refractivity contribution < 1.29 is 10.2 Å². The summed E-state index contributed by atoms with van der Waals surface area (Å²) in [4.78, 5) is 4.06. The first-order valence-electron chi connectivity index (χ1n) is 4.85. The monoisotopic (exact) mass is 212 g/mol. The minimum atomic E-state index is -0.0818. The molecule has 0 saturated carbocycles. The zero-order valence-corrected chi connectivity index (χ0v) is 8.50. The Labute approximate surface area is 93.3 Å². The zero-order chi connectivity index (χ0) is 11.4. The van der Waals surface area contributed by atoms with Gasteiger partial charge in [-0.3, -0.25) is 4.99 Å². The van der Waals surface area contributed by atoms with Crippen LogP contribution in [0.15, 0.2) is 53.5 Å². The molecule has 1 N–H and O–H groups in total. The van der Waals surface area contributed by atoms with Gasteiger partial charge in [-0.1, -0.05) is 36.4 Å². The number of nitrogens with zero attached hydrogens (tertiary/aromatic N) is 1. The molecule has 0 aliphatic rings. The van der Waals surface area contributed by atoms with Gasteiger partial charge in [-0.25, -0.2) is 0 Å². The highest BCUT2D eigenvalue weighted by atomic mass is 16.3. The molecule has 0 aliphatic heterocycles. The summed E-state index contributed by atoms with van der Waals surface area (Å²) in [6.45, 7) is 0. The topological polar surface area (TPSA) is 55.7 Å². The van der Waals surface area contributed by atoms with Crippen molar-refractivity contribution in [3.05, 3.63) is 54.1 Å². The van der Waals surface area contributed by atoms with Crippen LogP contribution in [0.25, 0.3) is 0 Å². The predicted molar refractivity (Wildman–Crippen MR) is 61.2 cm³/mol. The van der Waals surface area contributed by atoms with Crippen LogP contribution in [-0.2, 0) is 0 Å². The molecule has 80 valence electrons. The van der Waals surface area contributed by atoms with Gasteiger partial charge in [0.15, 0.2) is 0 Å². The highest BCUT2D eigenvalue weighted by Gasteiger charge is 1.95. The molecule has 0 aromatic heterocycles. The van der Waals surface area contributed by atoms with E-state index in [9.17, 15) is 10.2 Å². The molecule has 0 aliphatic carbocycles. The predicted octanol–water partition coefficient (Wildman–Crippen LogP) is 2.22. The van der Waals surface area contributed by atoms with E-state index in [2.05, 4.69) is 4.99 Å². The SMILES string of the molecule is [O-]c1ccccc1C=Nc1ccccc1O. The molecule has 2 rings (SSSR count). The van der Waals surface area contributed by atoms with E-state index < -0.39 is 0 Å².